The van der Waals surface area contributed by atoms with E-state index in [1.807, 2.05) is 76.4 Å². The summed E-state index contributed by atoms with van der Waals surface area (Å²) >= 11 is 3.54. The number of nitrogens with zero attached hydrogens (tertiary/aromatic N) is 8. The van der Waals surface area contributed by atoms with Gasteiger partial charge in [-0.25, -0.2) is 37.5 Å². The quantitative estimate of drug-likeness (QED) is 0.0883. The molecule has 0 amide bonds. The molecule has 0 spiro atoms. The maximum atomic E-state index is 15.4. The molecule has 0 bridgehead atoms. The second-order valence-corrected chi connectivity index (χ2v) is 18.5. The van der Waals surface area contributed by atoms with E-state index in [-0.39, 0.29) is 21.8 Å². The molecule has 11 rings (SSSR count). The summed E-state index contributed by atoms with van der Waals surface area (Å²) in [6, 6.07) is 27.5. The fourth-order valence-corrected chi connectivity index (χ4v) is 9.37. The molecule has 78 heavy (non-hydrogen) atoms. The maximum absolute atomic E-state index is 15.4. The van der Waals surface area contributed by atoms with Gasteiger partial charge in [0.25, 0.3) is 0 Å². The number of aromatic nitrogens is 6. The molecule has 0 aliphatic carbocycles. The van der Waals surface area contributed by atoms with Crippen molar-refractivity contribution >= 4 is 72.1 Å². The number of anilines is 6. The van der Waals surface area contributed by atoms with Crippen LogP contribution in [0.4, 0.5) is 51.9 Å². The van der Waals surface area contributed by atoms with Gasteiger partial charge in [-0.2, -0.15) is 0 Å². The average Bonchev–Trinajstić information content (AvgIpc) is 3.52. The number of nitrogens with one attached hydrogen (secondary N) is 2. The summed E-state index contributed by atoms with van der Waals surface area (Å²) in [6.45, 7) is 15.3. The molecule has 400 valence electrons. The average molecular weight is 1120 g/mol. The minimum absolute atomic E-state index is 0.208. The van der Waals surface area contributed by atoms with E-state index in [9.17, 15) is 8.78 Å². The van der Waals surface area contributed by atoms with Gasteiger partial charge >= 0.3 is 0 Å². The van der Waals surface area contributed by atoms with Gasteiger partial charge in [0.2, 0.25) is 0 Å². The number of rotatable bonds is 10. The third-order valence-electron chi connectivity index (χ3n) is 12.9. The molecule has 0 radical (unpaired) electrons. The Balaban J connectivity index is 0.000000193. The Kier molecular flexibility index (Phi) is 18.8. The van der Waals surface area contributed by atoms with Crippen LogP contribution in [0, 0.1) is 49.6 Å². The van der Waals surface area contributed by atoms with Crippen LogP contribution in [0.5, 0.6) is 0 Å². The van der Waals surface area contributed by atoms with Gasteiger partial charge in [0.05, 0.1) is 98.2 Å². The van der Waals surface area contributed by atoms with Crippen LogP contribution in [0.15, 0.2) is 126 Å². The number of ether oxygens (including phenoxy) is 2. The second-order valence-electron chi connectivity index (χ2n) is 17.7. The Hall–Kier alpha value is -8.24. The minimum atomic E-state index is -0.686. The fraction of sp³-hybridized carbons (Fsp3) is 0.233. The molecule has 13 nitrogen and oxygen atoms in total. The fourth-order valence-electron chi connectivity index (χ4n) is 9.05. The molecular weight excluding hydrogens is 1060 g/mol. The van der Waals surface area contributed by atoms with Crippen molar-refractivity contribution in [3.8, 4) is 46.4 Å². The topological polar surface area (TPSA) is 147 Å². The first-order valence-electron chi connectivity index (χ1n) is 25.4. The normalized spacial score (nSPS) is 13.0. The summed E-state index contributed by atoms with van der Waals surface area (Å²) in [7, 11) is 0. The molecule has 6 aromatic heterocycles. The molecule has 2 aliphatic heterocycles. The van der Waals surface area contributed by atoms with Crippen molar-refractivity contribution in [2.75, 3.05) is 73.0 Å². The molecule has 3 aromatic carbocycles. The smallest absolute Gasteiger partial charge is 0.137 e. The van der Waals surface area contributed by atoms with Crippen molar-refractivity contribution < 1.29 is 32.1 Å². The van der Waals surface area contributed by atoms with Crippen molar-refractivity contribution in [1.29, 1.82) is 0 Å². The molecule has 0 unspecified atom stereocenters. The van der Waals surface area contributed by atoms with Crippen LogP contribution in [0.3, 0.4) is 0 Å². The highest BCUT2D eigenvalue weighted by Crippen LogP contribution is 2.41. The molecule has 9 aromatic rings. The lowest BCUT2D eigenvalue weighted by molar-refractivity contribution is 0.122. The van der Waals surface area contributed by atoms with Crippen LogP contribution in [0.25, 0.3) is 55.7 Å². The predicted octanol–water partition coefficient (Wildman–Crippen LogP) is 13.7. The Morgan fingerprint density at radius 1 is 0.628 bits per heavy atom. The summed E-state index contributed by atoms with van der Waals surface area (Å²) in [5.41, 5.74) is 9.71. The number of pyridine rings is 6. The van der Waals surface area contributed by atoms with E-state index in [2.05, 4.69) is 98.9 Å². The van der Waals surface area contributed by atoms with E-state index in [0.29, 0.717) is 81.9 Å². The second kappa shape index (κ2) is 26.2. The van der Waals surface area contributed by atoms with Gasteiger partial charge in [-0.3, -0.25) is 9.97 Å². The van der Waals surface area contributed by atoms with Crippen molar-refractivity contribution in [2.24, 2.45) is 0 Å². The molecule has 8 heterocycles. The standard InChI is InChI=1S/C32H29F2N5O.C24H20BrF2N5O.C2H2O.C2H6/c1-3-21-7-9-22(10-8-21)24-19-36-29(39-12-14-40-15-13-39)18-27(24)37-32-20(2)31(26-6-4-5-11-35-26)38-28-17-23(33)16-25(34)30(28)32;1-14-23(18-4-2-3-5-28-18)31-20-11-15(26)10-17(27)22(20)24(14)30-19-12-21(29-13-16(19)25)32-6-8-33-9-7-32;1-2-3;1-2/h4-11,16-19H,3,12-15H2,1-2H3,(H,36,37,38);2-5,10-13H,6-9H2,1H3,(H,29,30,31);1,3H;1-2H3. The van der Waals surface area contributed by atoms with Gasteiger partial charge < -0.3 is 35.0 Å². The number of aliphatic hydroxyl groups excluding tert-OH is 1. The number of terminal acetylenes is 1. The zero-order valence-corrected chi connectivity index (χ0v) is 45.3. The molecule has 0 saturated carbocycles. The summed E-state index contributed by atoms with van der Waals surface area (Å²) in [6.07, 6.45) is 13.2. The first kappa shape index (κ1) is 56.0. The summed E-state index contributed by atoms with van der Waals surface area (Å²) in [5.74, 6) is -1.15. The maximum Gasteiger partial charge on any atom is 0.137 e. The first-order chi connectivity index (χ1) is 37.9. The summed E-state index contributed by atoms with van der Waals surface area (Å²) in [5, 5.41) is 14.4. The van der Waals surface area contributed by atoms with Crippen molar-refractivity contribution in [1.82, 2.24) is 29.9 Å². The number of fused-ring (bicyclic) bond motifs is 2. The monoisotopic (exact) mass is 1120 g/mol. The summed E-state index contributed by atoms with van der Waals surface area (Å²) < 4.78 is 70.5. The van der Waals surface area contributed by atoms with Gasteiger partial charge in [-0.1, -0.05) is 63.6 Å². The number of aliphatic hydroxyl groups is 1. The number of morpholine rings is 2. The number of aryl methyl sites for hydroxylation is 1. The third-order valence-corrected chi connectivity index (χ3v) is 13.5. The van der Waals surface area contributed by atoms with Crippen LogP contribution in [-0.2, 0) is 15.9 Å². The SMILES string of the molecule is C#CO.CC.CCc1ccc(-c2cnc(N3CCOCC3)cc2Nc2c(C)c(-c3ccccn3)nc3cc(F)cc(F)c23)cc1.Cc1c(-c2ccccn2)nc2cc(F)cc(F)c2c1Nc1cc(N2CCOCC2)ncc1Br. The Morgan fingerprint density at radius 2 is 1.08 bits per heavy atom. The molecule has 2 saturated heterocycles. The largest absolute Gasteiger partial charge is 0.462 e. The van der Waals surface area contributed by atoms with Crippen LogP contribution in [0.2, 0.25) is 0 Å². The van der Waals surface area contributed by atoms with Crippen LogP contribution in [-0.4, -0.2) is 87.6 Å². The highest BCUT2D eigenvalue weighted by molar-refractivity contribution is 9.10. The molecule has 18 heteroatoms. The lowest BCUT2D eigenvalue weighted by Gasteiger charge is -2.28. The minimum Gasteiger partial charge on any atom is -0.462 e. The number of benzene rings is 3. The first-order valence-corrected chi connectivity index (χ1v) is 26.2. The zero-order valence-electron chi connectivity index (χ0n) is 43.7. The van der Waals surface area contributed by atoms with Gasteiger partial charge in [0.15, 0.2) is 0 Å². The molecule has 2 fully saturated rings. The van der Waals surface area contributed by atoms with E-state index in [1.165, 1.54) is 23.8 Å². The van der Waals surface area contributed by atoms with Gasteiger partial charge in [-0.05, 0) is 71.6 Å². The summed E-state index contributed by atoms with van der Waals surface area (Å²) in [4.78, 5) is 31.7. The third kappa shape index (κ3) is 12.8. The van der Waals surface area contributed by atoms with E-state index in [1.54, 1.807) is 24.7 Å². The molecule has 0 atom stereocenters. The zero-order chi connectivity index (χ0) is 55.3. The van der Waals surface area contributed by atoms with Crippen LogP contribution < -0.4 is 20.4 Å². The molecule has 2 aliphatic rings. The van der Waals surface area contributed by atoms with Crippen molar-refractivity contribution in [2.45, 2.75) is 41.0 Å². The number of hydrogen-bond donors (Lipinski definition) is 3. The van der Waals surface area contributed by atoms with Gasteiger partial charge in [0, 0.05) is 104 Å². The van der Waals surface area contributed by atoms with Crippen molar-refractivity contribution in [3.05, 3.63) is 166 Å². The van der Waals surface area contributed by atoms with E-state index in [4.69, 9.17) is 19.6 Å². The number of hydrogen-bond acceptors (Lipinski definition) is 13. The van der Waals surface area contributed by atoms with Gasteiger partial charge in [-0.15, -0.1) is 0 Å². The van der Waals surface area contributed by atoms with Crippen LogP contribution in [0.1, 0.15) is 37.5 Å². The highest BCUT2D eigenvalue weighted by atomic mass is 79.9. The Morgan fingerprint density at radius 3 is 1.53 bits per heavy atom. The Bertz CT molecular complexity index is 3560. The highest BCUT2D eigenvalue weighted by Gasteiger charge is 2.23. The van der Waals surface area contributed by atoms with E-state index in [0.717, 1.165) is 73.2 Å². The van der Waals surface area contributed by atoms with Crippen LogP contribution >= 0.6 is 15.9 Å². The molecule has 3 N–H and O–H groups in total. The van der Waals surface area contributed by atoms with E-state index < -0.39 is 23.3 Å². The predicted molar refractivity (Wildman–Crippen MR) is 305 cm³/mol. The van der Waals surface area contributed by atoms with Gasteiger partial charge in [0.1, 0.15) is 41.0 Å². The Labute approximate surface area is 458 Å². The van der Waals surface area contributed by atoms with Crippen molar-refractivity contribution in [3.63, 3.8) is 0 Å². The molecular formula is C60H57BrF4N10O3. The number of halogens is 5. The lowest BCUT2D eigenvalue weighted by Crippen LogP contribution is -2.36. The lowest BCUT2D eigenvalue weighted by atomic mass is 10.0. The van der Waals surface area contributed by atoms with E-state index >= 15 is 8.78 Å².